The third-order valence-electron chi connectivity index (χ3n) is 8.63. The van der Waals surface area contributed by atoms with Crippen molar-refractivity contribution in [1.29, 1.82) is 0 Å². The van der Waals surface area contributed by atoms with E-state index in [4.69, 9.17) is 0 Å². The molecule has 1 aliphatic rings. The van der Waals surface area contributed by atoms with Gasteiger partial charge < -0.3 is 17.3 Å². The summed E-state index contributed by atoms with van der Waals surface area (Å²) in [7, 11) is -9.43. The predicted octanol–water partition coefficient (Wildman–Crippen LogP) is 11.5. The van der Waals surface area contributed by atoms with Crippen molar-refractivity contribution in [2.75, 3.05) is 12.3 Å². The number of benzene rings is 5. The van der Waals surface area contributed by atoms with Crippen LogP contribution in [-0.2, 0) is 30.2 Å². The van der Waals surface area contributed by atoms with Crippen LogP contribution in [0.5, 0.6) is 0 Å². The summed E-state index contributed by atoms with van der Waals surface area (Å²) in [5.74, 6) is -47.7. The van der Waals surface area contributed by atoms with Crippen molar-refractivity contribution >= 4 is 54.0 Å². The second-order valence-corrected chi connectivity index (χ2v) is 16.9. The van der Waals surface area contributed by atoms with Gasteiger partial charge in [-0.3, -0.25) is 0 Å². The second kappa shape index (κ2) is 19.6. The van der Waals surface area contributed by atoms with Crippen LogP contribution in [0, 0.1) is 112 Å². The number of hydrogen-bond donors (Lipinski definition) is 0. The average molecular weight is 1060 g/mol. The van der Waals surface area contributed by atoms with Crippen LogP contribution in [0.4, 0.5) is 96.3 Å². The molecule has 1 heterocycles. The predicted molar refractivity (Wildman–Crippen MR) is 180 cm³/mol. The molecule has 0 aliphatic carbocycles. The molecule has 0 saturated carbocycles. The van der Waals surface area contributed by atoms with Gasteiger partial charge in [-0.2, -0.15) is 0 Å². The Morgan fingerprint density at radius 2 is 0.581 bits per heavy atom. The van der Waals surface area contributed by atoms with E-state index in [0.717, 1.165) is 18.2 Å². The summed E-state index contributed by atoms with van der Waals surface area (Å²) in [6.45, 7) is 1.28. The molecule has 6 rings (SSSR count). The van der Waals surface area contributed by atoms with Crippen molar-refractivity contribution in [2.45, 2.75) is 19.8 Å². The van der Waals surface area contributed by atoms with Gasteiger partial charge >= 0.3 is 34.3 Å². The minimum absolute atomic E-state index is 0.0847. The molecule has 336 valence electrons. The van der Waals surface area contributed by atoms with Crippen LogP contribution in [0.25, 0.3) is 0 Å². The molecule has 0 spiro atoms. The molecular formula is C35H14BClF22P2Ru. The van der Waals surface area contributed by atoms with Crippen LogP contribution in [0.15, 0.2) is 18.2 Å². The van der Waals surface area contributed by atoms with E-state index in [1.165, 1.54) is 6.92 Å². The topological polar surface area (TPSA) is 0 Å². The van der Waals surface area contributed by atoms with E-state index in [1.54, 1.807) is 0 Å². The molecule has 0 aromatic heterocycles. The van der Waals surface area contributed by atoms with Crippen molar-refractivity contribution in [3.8, 4) is 0 Å². The standard InChI is InChI=1S/C35H14F18P2.BF4.ClH.Ru/c1-9-4-10-6-11(5-9)8-13-15(37)17(39)21(43)27(49)33(13)55(35-30(52)24(46)19(41)25(47)31(35)53)3-2-54(34-28(50)22(44)18(40)23(45)29(34)51)32-12(7-10)14(36)16(38)20(42)26(32)48;2-1(3,4)5;;/h4-6H,2-3,7-8H2,1H3;;1H;/q;-1;;+2/p-1. The Bertz CT molecular complexity index is 2360. The maximum absolute atomic E-state index is 16.0. The van der Waals surface area contributed by atoms with Crippen LogP contribution in [0.1, 0.15) is 27.8 Å². The minimum atomic E-state index is -6.00. The third-order valence-corrected chi connectivity index (χ3v) is 14.2. The van der Waals surface area contributed by atoms with Gasteiger partial charge in [0.05, 0.1) is 10.6 Å². The molecule has 5 aromatic carbocycles. The first-order valence-corrected chi connectivity index (χ1v) is 21.4. The molecule has 5 aromatic rings. The van der Waals surface area contributed by atoms with Crippen LogP contribution in [0.3, 0.4) is 0 Å². The van der Waals surface area contributed by atoms with E-state index in [9.17, 15) is 61.2 Å². The zero-order valence-corrected chi connectivity index (χ0v) is 33.9. The molecule has 0 radical (unpaired) electrons. The van der Waals surface area contributed by atoms with E-state index in [-0.39, 0.29) is 16.7 Å². The molecule has 0 nitrogen and oxygen atoms in total. The molecule has 2 bridgehead atoms. The molecule has 0 N–H and O–H groups in total. The second-order valence-electron chi connectivity index (χ2n) is 12.5. The van der Waals surface area contributed by atoms with E-state index in [2.05, 4.69) is 9.69 Å². The Kier molecular flexibility index (Phi) is 16.2. The Balaban J connectivity index is 0.00000113. The molecule has 2 atom stereocenters. The van der Waals surface area contributed by atoms with Gasteiger partial charge in [0.15, 0.2) is 93.1 Å². The van der Waals surface area contributed by atoms with Gasteiger partial charge in [0.1, 0.15) is 0 Å². The van der Waals surface area contributed by atoms with Crippen molar-refractivity contribution in [3.63, 3.8) is 0 Å². The van der Waals surface area contributed by atoms with Gasteiger partial charge in [-0.15, -0.1) is 0 Å². The van der Waals surface area contributed by atoms with Crippen LogP contribution >= 0.6 is 25.5 Å². The Hall–Kier alpha value is -3.60. The molecule has 62 heavy (non-hydrogen) atoms. The van der Waals surface area contributed by atoms with Crippen molar-refractivity contribution in [1.82, 2.24) is 0 Å². The van der Waals surface area contributed by atoms with Gasteiger partial charge in [0, 0.05) is 34.6 Å². The van der Waals surface area contributed by atoms with E-state index >= 15 is 35.1 Å². The van der Waals surface area contributed by atoms with Crippen LogP contribution < -0.4 is 21.2 Å². The number of rotatable bonds is 2. The van der Waals surface area contributed by atoms with Gasteiger partial charge in [0.25, 0.3) is 0 Å². The Morgan fingerprint density at radius 3 is 0.839 bits per heavy atom. The number of aryl methyl sites for hydroxylation is 1. The van der Waals surface area contributed by atoms with Crippen molar-refractivity contribution in [3.05, 3.63) is 151 Å². The van der Waals surface area contributed by atoms with Crippen LogP contribution in [0.2, 0.25) is 0 Å². The monoisotopic (exact) mass is 1060 g/mol. The molecular weight excluding hydrogens is 1050 g/mol. The van der Waals surface area contributed by atoms with Crippen molar-refractivity contribution in [2.24, 2.45) is 0 Å². The summed E-state index contributed by atoms with van der Waals surface area (Å²) >= 11 is 1.82. The molecule has 0 saturated heterocycles. The van der Waals surface area contributed by atoms with E-state index in [0.29, 0.717) is 0 Å². The average Bonchev–Trinajstić information content (AvgIpc) is 3.21. The molecule has 0 fully saturated rings. The maximum atomic E-state index is 16.0. The van der Waals surface area contributed by atoms with Gasteiger partial charge in [-0.25, -0.2) is 79.0 Å². The molecule has 1 aliphatic heterocycles. The first kappa shape index (κ1) is 51.0. The molecule has 2 unspecified atom stereocenters. The Morgan fingerprint density at radius 1 is 0.371 bits per heavy atom. The van der Waals surface area contributed by atoms with Gasteiger partial charge in [0.2, 0.25) is 11.6 Å². The summed E-state index contributed by atoms with van der Waals surface area (Å²) in [4.78, 5) is 0. The fourth-order valence-electron chi connectivity index (χ4n) is 6.31. The summed E-state index contributed by atoms with van der Waals surface area (Å²) in [5, 5.41) is -7.38. The molecule has 0 amide bonds. The number of hydrogen-bond acceptors (Lipinski definition) is 0. The molecule has 27 heteroatoms. The van der Waals surface area contributed by atoms with E-state index in [1.807, 2.05) is 17.3 Å². The summed E-state index contributed by atoms with van der Waals surface area (Å²) in [6.07, 6.45) is -5.45. The fourth-order valence-corrected chi connectivity index (χ4v) is 12.3. The van der Waals surface area contributed by atoms with Gasteiger partial charge in [-0.1, -0.05) is 23.8 Å². The van der Waals surface area contributed by atoms with Crippen LogP contribution in [-0.4, -0.2) is 19.6 Å². The third kappa shape index (κ3) is 9.73. The summed E-state index contributed by atoms with van der Waals surface area (Å²) in [6, 6.07) is 3.20. The SMILES string of the molecule is Cc1cc2cc(c1)Cc1c(F)c(F)c(F)c(F)c1P(c1c(F)c(F)c(F)c(F)c1F)CCP(c1c(F)c(F)c(F)c(F)c1F)c1c(F)c(F)c(F)c(F)c1C2.F[B-](F)(F)F.[Cl][Ru+]. The first-order valence-electron chi connectivity index (χ1n) is 16.1. The Labute approximate surface area is 349 Å². The van der Waals surface area contributed by atoms with Gasteiger partial charge in [-0.05, 0) is 46.2 Å². The normalized spacial score (nSPS) is 15.2. The summed E-state index contributed by atoms with van der Waals surface area (Å²) in [5.41, 5.74) is -3.12. The van der Waals surface area contributed by atoms with Crippen molar-refractivity contribution < 1.29 is 114 Å². The number of fused-ring (bicyclic) bond motifs is 4. The zero-order valence-electron chi connectivity index (χ0n) is 29.6. The first-order chi connectivity index (χ1) is 28.7. The quantitative estimate of drug-likeness (QED) is 0.0543. The fraction of sp³-hybridized carbons (Fsp3) is 0.143. The zero-order chi connectivity index (χ0) is 47.2. The number of halogens is 23. The summed E-state index contributed by atoms with van der Waals surface area (Å²) < 4.78 is 311. The van der Waals surface area contributed by atoms with E-state index < -0.39 is 185 Å².